The molecule has 0 aliphatic heterocycles. The molecule has 0 saturated heterocycles. The molecule has 1 heterocycles. The van der Waals surface area contributed by atoms with Gasteiger partial charge in [-0.05, 0) is 52.4 Å². The van der Waals surface area contributed by atoms with Crippen molar-refractivity contribution in [2.24, 2.45) is 0 Å². The number of halogens is 1. The van der Waals surface area contributed by atoms with Crippen molar-refractivity contribution in [2.75, 3.05) is 0 Å². The van der Waals surface area contributed by atoms with Crippen molar-refractivity contribution in [3.63, 3.8) is 0 Å². The largest absolute Gasteiger partial charge is 0.223 e. The zero-order chi connectivity index (χ0) is 18.2. The highest BCUT2D eigenvalue weighted by molar-refractivity contribution is 6.28. The molecule has 0 fully saturated rings. The molecule has 1 aliphatic rings. The minimum absolute atomic E-state index is 0.300. The molecule has 0 N–H and O–H groups in total. The summed E-state index contributed by atoms with van der Waals surface area (Å²) in [5, 5.41) is 4.83. The molecule has 4 aromatic rings. The zero-order valence-electron chi connectivity index (χ0n) is 14.7. The van der Waals surface area contributed by atoms with Gasteiger partial charge in [-0.2, -0.15) is 0 Å². The number of benzene rings is 3. The van der Waals surface area contributed by atoms with Crippen LogP contribution in [-0.4, -0.2) is 9.97 Å². The number of hydrogen-bond acceptors (Lipinski definition) is 2. The Morgan fingerprint density at radius 3 is 2.22 bits per heavy atom. The van der Waals surface area contributed by atoms with Gasteiger partial charge in [0.25, 0.3) is 0 Å². The van der Waals surface area contributed by atoms with E-state index < -0.39 is 0 Å². The molecule has 1 aliphatic carbocycles. The van der Waals surface area contributed by atoms with E-state index in [9.17, 15) is 0 Å². The van der Waals surface area contributed by atoms with Gasteiger partial charge in [0.05, 0.1) is 11.0 Å². The van der Waals surface area contributed by atoms with Gasteiger partial charge in [0, 0.05) is 10.8 Å². The highest BCUT2D eigenvalue weighted by Gasteiger charge is 2.09. The molecule has 0 unspecified atom stereocenters. The minimum atomic E-state index is 0.300. The minimum Gasteiger partial charge on any atom is -0.218 e. The van der Waals surface area contributed by atoms with Crippen LogP contribution in [0.3, 0.4) is 0 Å². The fourth-order valence-electron chi connectivity index (χ4n) is 3.67. The molecule has 5 rings (SSSR count). The van der Waals surface area contributed by atoms with Gasteiger partial charge < -0.3 is 0 Å². The lowest BCUT2D eigenvalue weighted by molar-refractivity contribution is 1.04. The maximum absolute atomic E-state index is 6.16. The fraction of sp³-hybridized carbons (Fsp3) is 0.0833. The van der Waals surface area contributed by atoms with E-state index in [0.717, 1.165) is 34.7 Å². The van der Waals surface area contributed by atoms with Gasteiger partial charge in [-0.1, -0.05) is 72.8 Å². The quantitative estimate of drug-likeness (QED) is 0.467. The first-order chi connectivity index (χ1) is 13.3. The van der Waals surface area contributed by atoms with E-state index in [1.807, 2.05) is 0 Å². The number of rotatable bonds is 2. The highest BCUT2D eigenvalue weighted by Crippen LogP contribution is 2.26. The normalized spacial score (nSPS) is 12.9. The lowest BCUT2D eigenvalue weighted by Crippen LogP contribution is -2.33. The predicted molar refractivity (Wildman–Crippen MR) is 113 cm³/mol. The summed E-state index contributed by atoms with van der Waals surface area (Å²) < 4.78 is 0. The Morgan fingerprint density at radius 2 is 1.37 bits per heavy atom. The Kier molecular flexibility index (Phi) is 3.99. The molecule has 3 heteroatoms. The van der Waals surface area contributed by atoms with Crippen molar-refractivity contribution >= 4 is 34.5 Å². The summed E-state index contributed by atoms with van der Waals surface area (Å²) >= 11 is 6.16. The topological polar surface area (TPSA) is 25.8 Å². The van der Waals surface area contributed by atoms with Gasteiger partial charge in [-0.3, -0.25) is 0 Å². The van der Waals surface area contributed by atoms with Crippen LogP contribution in [0.15, 0.2) is 66.7 Å². The van der Waals surface area contributed by atoms with Gasteiger partial charge in [0.2, 0.25) is 5.28 Å². The van der Waals surface area contributed by atoms with E-state index >= 15 is 0 Å². The van der Waals surface area contributed by atoms with Crippen LogP contribution in [-0.2, 0) is 0 Å². The van der Waals surface area contributed by atoms with Gasteiger partial charge in [-0.15, -0.1) is 0 Å². The van der Waals surface area contributed by atoms with Gasteiger partial charge in [0.15, 0.2) is 0 Å². The van der Waals surface area contributed by atoms with Crippen LogP contribution >= 0.6 is 11.6 Å². The molecule has 0 bridgehead atoms. The number of nitrogens with zero attached hydrogens (tertiary/aromatic N) is 2. The number of aromatic nitrogens is 2. The van der Waals surface area contributed by atoms with Crippen LogP contribution < -0.4 is 10.6 Å². The standard InChI is InChI=1S/C24H17ClN2/c25-24-26-22-8-4-3-7-21(22)23(27-24)18-12-9-17(10-13-18)20-14-11-16-5-1-2-6-19(16)15-20/h1-2,5-15H,3-4H2. The Labute approximate surface area is 162 Å². The highest BCUT2D eigenvalue weighted by atomic mass is 35.5. The maximum Gasteiger partial charge on any atom is 0.223 e. The lowest BCUT2D eigenvalue weighted by Gasteiger charge is -2.09. The van der Waals surface area contributed by atoms with Crippen molar-refractivity contribution in [1.29, 1.82) is 0 Å². The van der Waals surface area contributed by atoms with Crippen LogP contribution in [0.2, 0.25) is 5.28 Å². The third-order valence-electron chi connectivity index (χ3n) is 5.04. The summed E-state index contributed by atoms with van der Waals surface area (Å²) in [5.74, 6) is 0. The number of hydrogen-bond donors (Lipinski definition) is 0. The van der Waals surface area contributed by atoms with Crippen LogP contribution in [0.5, 0.6) is 0 Å². The molecular formula is C24H17ClN2. The molecule has 0 radical (unpaired) electrons. The molecule has 0 saturated carbocycles. The van der Waals surface area contributed by atoms with Crippen LogP contribution in [0, 0.1) is 0 Å². The van der Waals surface area contributed by atoms with Crippen LogP contribution in [0.4, 0.5) is 0 Å². The summed E-state index contributed by atoms with van der Waals surface area (Å²) in [6, 6.07) is 23.5. The Morgan fingerprint density at radius 1 is 0.667 bits per heavy atom. The molecule has 3 aromatic carbocycles. The monoisotopic (exact) mass is 368 g/mol. The van der Waals surface area contributed by atoms with E-state index in [4.69, 9.17) is 11.6 Å². The van der Waals surface area contributed by atoms with Crippen molar-refractivity contribution in [3.8, 4) is 22.4 Å². The molecule has 1 aromatic heterocycles. The first-order valence-corrected chi connectivity index (χ1v) is 9.49. The van der Waals surface area contributed by atoms with Crippen molar-refractivity contribution in [1.82, 2.24) is 9.97 Å². The smallest absolute Gasteiger partial charge is 0.218 e. The average Bonchev–Trinajstić information content (AvgIpc) is 2.73. The summed E-state index contributed by atoms with van der Waals surface area (Å²) in [6.07, 6.45) is 6.36. The van der Waals surface area contributed by atoms with E-state index in [2.05, 4.69) is 88.9 Å². The first kappa shape index (κ1) is 16.2. The number of fused-ring (bicyclic) bond motifs is 2. The molecule has 0 atom stereocenters. The molecule has 2 nitrogen and oxygen atoms in total. The Balaban J connectivity index is 1.59. The third-order valence-corrected chi connectivity index (χ3v) is 5.21. The predicted octanol–water partition coefficient (Wildman–Crippen LogP) is 4.97. The van der Waals surface area contributed by atoms with Crippen LogP contribution in [0.25, 0.3) is 45.3 Å². The van der Waals surface area contributed by atoms with E-state index in [0.29, 0.717) is 5.28 Å². The van der Waals surface area contributed by atoms with Gasteiger partial charge in [0.1, 0.15) is 0 Å². The molecule has 0 amide bonds. The van der Waals surface area contributed by atoms with E-state index in [1.54, 1.807) is 0 Å². The van der Waals surface area contributed by atoms with Gasteiger partial charge >= 0.3 is 0 Å². The molecule has 27 heavy (non-hydrogen) atoms. The second-order valence-electron chi connectivity index (χ2n) is 6.77. The molecular weight excluding hydrogens is 352 g/mol. The summed E-state index contributed by atoms with van der Waals surface area (Å²) in [7, 11) is 0. The van der Waals surface area contributed by atoms with Crippen molar-refractivity contribution < 1.29 is 0 Å². The fourth-order valence-corrected chi connectivity index (χ4v) is 3.85. The Bertz CT molecular complexity index is 1270. The van der Waals surface area contributed by atoms with E-state index in [-0.39, 0.29) is 0 Å². The van der Waals surface area contributed by atoms with Crippen molar-refractivity contribution in [2.45, 2.75) is 12.8 Å². The maximum atomic E-state index is 6.16. The first-order valence-electron chi connectivity index (χ1n) is 9.11. The zero-order valence-corrected chi connectivity index (χ0v) is 15.4. The second kappa shape index (κ2) is 6.64. The molecule has 130 valence electrons. The SMILES string of the molecule is Clc1nc(-c2ccc(-c3ccc4ccccc4c3)cc2)c2c(n1)=CCCC=2. The lowest BCUT2D eigenvalue weighted by atomic mass is 9.99. The Hall–Kier alpha value is -2.97. The summed E-state index contributed by atoms with van der Waals surface area (Å²) in [4.78, 5) is 8.86. The van der Waals surface area contributed by atoms with Gasteiger partial charge in [-0.25, -0.2) is 9.97 Å². The van der Waals surface area contributed by atoms with Crippen LogP contribution in [0.1, 0.15) is 12.8 Å². The third kappa shape index (κ3) is 3.02. The second-order valence-corrected chi connectivity index (χ2v) is 7.10. The summed E-state index contributed by atoms with van der Waals surface area (Å²) in [6.45, 7) is 0. The van der Waals surface area contributed by atoms with E-state index in [1.165, 1.54) is 21.9 Å². The molecule has 0 spiro atoms. The average molecular weight is 369 g/mol. The van der Waals surface area contributed by atoms with Crippen molar-refractivity contribution in [3.05, 3.63) is 82.6 Å². The summed E-state index contributed by atoms with van der Waals surface area (Å²) in [5.41, 5.74) is 4.37.